The Morgan fingerprint density at radius 2 is 1.60 bits per heavy atom. The van der Waals surface area contributed by atoms with Crippen LogP contribution in [0.25, 0.3) is 5.69 Å². The molecule has 0 amide bonds. The van der Waals surface area contributed by atoms with Gasteiger partial charge in [0.1, 0.15) is 0 Å². The van der Waals surface area contributed by atoms with Gasteiger partial charge in [-0.05, 0) is 36.4 Å². The Morgan fingerprint density at radius 1 is 0.850 bits per heavy atom. The van der Waals surface area contributed by atoms with Crippen molar-refractivity contribution in [1.29, 1.82) is 0 Å². The molecule has 0 saturated heterocycles. The molecule has 0 radical (unpaired) electrons. The number of nitrogens with zero attached hydrogens (tertiary/aromatic N) is 2. The van der Waals surface area contributed by atoms with E-state index in [1.807, 2.05) is 67.0 Å². The molecule has 0 aliphatic carbocycles. The molecule has 0 aliphatic rings. The number of rotatable bonds is 3. The Hall–Kier alpha value is -2.32. The van der Waals surface area contributed by atoms with Gasteiger partial charge in [-0.2, -0.15) is 0 Å². The third kappa shape index (κ3) is 2.65. The zero-order valence-electron chi connectivity index (χ0n) is 10.8. The number of para-hydroxylation sites is 2. The van der Waals surface area contributed by atoms with Gasteiger partial charge in [0, 0.05) is 11.9 Å². The summed E-state index contributed by atoms with van der Waals surface area (Å²) >= 11 is 6.10. The first kappa shape index (κ1) is 12.7. The first-order valence-electron chi connectivity index (χ1n) is 6.36. The number of aliphatic imine (C=N–C) groups is 1. The molecule has 0 bridgehead atoms. The van der Waals surface area contributed by atoms with E-state index in [0.29, 0.717) is 5.02 Å². The maximum absolute atomic E-state index is 6.10. The lowest BCUT2D eigenvalue weighted by Crippen LogP contribution is -1.97. The number of hydrogen-bond acceptors (Lipinski definition) is 1. The summed E-state index contributed by atoms with van der Waals surface area (Å²) in [5, 5.41) is 0.654. The monoisotopic (exact) mass is 280 g/mol. The van der Waals surface area contributed by atoms with E-state index in [2.05, 4.69) is 21.7 Å². The molecule has 0 unspecified atom stereocenters. The van der Waals surface area contributed by atoms with E-state index < -0.39 is 0 Å². The van der Waals surface area contributed by atoms with Crippen LogP contribution in [0.1, 0.15) is 5.69 Å². The van der Waals surface area contributed by atoms with Crippen molar-refractivity contribution in [2.24, 2.45) is 4.99 Å². The predicted octanol–water partition coefficient (Wildman–Crippen LogP) is 4.88. The molecule has 3 aromatic rings. The van der Waals surface area contributed by atoms with Crippen LogP contribution in [0.4, 0.5) is 5.69 Å². The molecule has 0 aliphatic heterocycles. The van der Waals surface area contributed by atoms with Gasteiger partial charge in [-0.1, -0.05) is 41.9 Å². The van der Waals surface area contributed by atoms with E-state index in [1.54, 1.807) is 0 Å². The number of halogens is 1. The van der Waals surface area contributed by atoms with Crippen LogP contribution < -0.4 is 0 Å². The Balaban J connectivity index is 1.94. The van der Waals surface area contributed by atoms with Gasteiger partial charge in [0.2, 0.25) is 0 Å². The Kier molecular flexibility index (Phi) is 3.66. The maximum Gasteiger partial charge on any atom is 0.0816 e. The molecule has 0 atom stereocenters. The van der Waals surface area contributed by atoms with Crippen LogP contribution in [0.2, 0.25) is 5.02 Å². The van der Waals surface area contributed by atoms with Gasteiger partial charge < -0.3 is 4.57 Å². The molecule has 0 spiro atoms. The van der Waals surface area contributed by atoms with Crippen molar-refractivity contribution in [3.8, 4) is 5.69 Å². The summed E-state index contributed by atoms with van der Waals surface area (Å²) in [5.74, 6) is 0. The Labute approximate surface area is 123 Å². The second-order valence-electron chi connectivity index (χ2n) is 4.35. The lowest BCUT2D eigenvalue weighted by Gasteiger charge is -2.05. The second kappa shape index (κ2) is 5.76. The zero-order chi connectivity index (χ0) is 13.8. The molecule has 1 heterocycles. The second-order valence-corrected chi connectivity index (χ2v) is 4.76. The van der Waals surface area contributed by atoms with Crippen LogP contribution in [0.15, 0.2) is 77.9 Å². The number of hydrogen-bond donors (Lipinski definition) is 0. The van der Waals surface area contributed by atoms with Crippen LogP contribution >= 0.6 is 11.6 Å². The summed E-state index contributed by atoms with van der Waals surface area (Å²) in [4.78, 5) is 4.46. The van der Waals surface area contributed by atoms with E-state index in [1.165, 1.54) is 0 Å². The fourth-order valence-corrected chi connectivity index (χ4v) is 2.20. The standard InChI is InChI=1S/C17H13ClN2/c18-16-10-4-5-11-17(16)19-13-15-9-6-12-20(15)14-7-2-1-3-8-14/h1-13H. The highest BCUT2D eigenvalue weighted by Gasteiger charge is 2.01. The molecule has 0 saturated carbocycles. The van der Waals surface area contributed by atoms with Crippen LogP contribution in [-0.4, -0.2) is 10.8 Å². The highest BCUT2D eigenvalue weighted by atomic mass is 35.5. The zero-order valence-corrected chi connectivity index (χ0v) is 11.5. The molecule has 3 heteroatoms. The van der Waals surface area contributed by atoms with Crippen LogP contribution in [-0.2, 0) is 0 Å². The van der Waals surface area contributed by atoms with Crippen LogP contribution in [0.5, 0.6) is 0 Å². The summed E-state index contributed by atoms with van der Waals surface area (Å²) in [7, 11) is 0. The number of aromatic nitrogens is 1. The van der Waals surface area contributed by atoms with Gasteiger partial charge in [-0.25, -0.2) is 0 Å². The molecule has 3 rings (SSSR count). The smallest absolute Gasteiger partial charge is 0.0816 e. The lowest BCUT2D eigenvalue weighted by atomic mass is 10.3. The number of benzene rings is 2. The predicted molar refractivity (Wildman–Crippen MR) is 84.5 cm³/mol. The van der Waals surface area contributed by atoms with Crippen molar-refractivity contribution in [2.75, 3.05) is 0 Å². The fourth-order valence-electron chi connectivity index (χ4n) is 2.02. The summed E-state index contributed by atoms with van der Waals surface area (Å²) in [6.45, 7) is 0. The minimum atomic E-state index is 0.654. The molecule has 98 valence electrons. The average molecular weight is 281 g/mol. The first-order valence-corrected chi connectivity index (χ1v) is 6.74. The molecule has 2 nitrogen and oxygen atoms in total. The van der Waals surface area contributed by atoms with Crippen LogP contribution in [0, 0.1) is 0 Å². The van der Waals surface area contributed by atoms with E-state index in [0.717, 1.165) is 17.1 Å². The average Bonchev–Trinajstić information content (AvgIpc) is 2.96. The van der Waals surface area contributed by atoms with E-state index >= 15 is 0 Å². The van der Waals surface area contributed by atoms with Gasteiger partial charge in [0.15, 0.2) is 0 Å². The lowest BCUT2D eigenvalue weighted by molar-refractivity contribution is 1.07. The first-order chi connectivity index (χ1) is 9.84. The summed E-state index contributed by atoms with van der Waals surface area (Å²) in [6.07, 6.45) is 3.84. The van der Waals surface area contributed by atoms with E-state index in [4.69, 9.17) is 11.6 Å². The van der Waals surface area contributed by atoms with Gasteiger partial charge in [-0.15, -0.1) is 0 Å². The van der Waals surface area contributed by atoms with Gasteiger partial charge in [-0.3, -0.25) is 4.99 Å². The van der Waals surface area contributed by atoms with Gasteiger partial charge in [0.25, 0.3) is 0 Å². The normalized spacial score (nSPS) is 11.1. The summed E-state index contributed by atoms with van der Waals surface area (Å²) in [5.41, 5.74) is 2.89. The molecular formula is C17H13ClN2. The fraction of sp³-hybridized carbons (Fsp3) is 0. The van der Waals surface area contributed by atoms with E-state index in [9.17, 15) is 0 Å². The van der Waals surface area contributed by atoms with Crippen molar-refractivity contribution < 1.29 is 0 Å². The molecule has 0 N–H and O–H groups in total. The molecule has 1 aromatic heterocycles. The molecule has 2 aromatic carbocycles. The van der Waals surface area contributed by atoms with Gasteiger partial charge >= 0.3 is 0 Å². The third-order valence-electron chi connectivity index (χ3n) is 3.00. The maximum atomic E-state index is 6.10. The van der Waals surface area contributed by atoms with Crippen molar-refractivity contribution in [2.45, 2.75) is 0 Å². The molecular weight excluding hydrogens is 268 g/mol. The Bertz CT molecular complexity index is 730. The van der Waals surface area contributed by atoms with E-state index in [-0.39, 0.29) is 0 Å². The highest BCUT2D eigenvalue weighted by Crippen LogP contribution is 2.23. The van der Waals surface area contributed by atoms with Crippen molar-refractivity contribution in [3.63, 3.8) is 0 Å². The van der Waals surface area contributed by atoms with Gasteiger partial charge in [0.05, 0.1) is 22.6 Å². The molecule has 0 fully saturated rings. The summed E-state index contributed by atoms with van der Waals surface area (Å²) < 4.78 is 2.08. The Morgan fingerprint density at radius 3 is 2.40 bits per heavy atom. The summed E-state index contributed by atoms with van der Waals surface area (Å²) in [6, 6.07) is 21.7. The molecule has 20 heavy (non-hydrogen) atoms. The quantitative estimate of drug-likeness (QED) is 0.608. The minimum Gasteiger partial charge on any atom is -0.316 e. The largest absolute Gasteiger partial charge is 0.316 e. The van der Waals surface area contributed by atoms with Crippen LogP contribution in [0.3, 0.4) is 0 Å². The van der Waals surface area contributed by atoms with Crippen molar-refractivity contribution in [1.82, 2.24) is 4.57 Å². The topological polar surface area (TPSA) is 17.3 Å². The minimum absolute atomic E-state index is 0.654. The third-order valence-corrected chi connectivity index (χ3v) is 3.32. The SMILES string of the molecule is Clc1ccccc1N=Cc1cccn1-c1ccccc1. The van der Waals surface area contributed by atoms with Crippen molar-refractivity contribution >= 4 is 23.5 Å². The van der Waals surface area contributed by atoms with Crippen molar-refractivity contribution in [3.05, 3.63) is 83.6 Å². The highest BCUT2D eigenvalue weighted by molar-refractivity contribution is 6.33.